The van der Waals surface area contributed by atoms with Crippen LogP contribution in [0.1, 0.15) is 59.3 Å². The first-order chi connectivity index (χ1) is 9.90. The second kappa shape index (κ2) is 15.3. The number of hydrogen-bond donors (Lipinski definition) is 2. The van der Waals surface area contributed by atoms with Crippen LogP contribution in [0, 0.1) is 0 Å². The van der Waals surface area contributed by atoms with Crippen molar-refractivity contribution in [2.45, 2.75) is 71.5 Å². The summed E-state index contributed by atoms with van der Waals surface area (Å²) in [6.45, 7) is 6.07. The van der Waals surface area contributed by atoms with Gasteiger partial charge in [0.1, 0.15) is 0 Å². The summed E-state index contributed by atoms with van der Waals surface area (Å²) >= 11 is 0. The third-order valence-corrected chi connectivity index (χ3v) is 2.58. The lowest BCUT2D eigenvalue weighted by molar-refractivity contribution is -0.145. The summed E-state index contributed by atoms with van der Waals surface area (Å²) in [5.41, 5.74) is 0. The third kappa shape index (κ3) is 16.8. The molecule has 0 radical (unpaired) electrons. The zero-order valence-corrected chi connectivity index (χ0v) is 13.6. The van der Waals surface area contributed by atoms with E-state index in [0.29, 0.717) is 19.4 Å². The van der Waals surface area contributed by atoms with E-state index < -0.39 is 12.2 Å². The highest BCUT2D eigenvalue weighted by atomic mass is 16.5. The molecular formula is C15H30O6. The topological polar surface area (TPSA) is 93.1 Å². The molecule has 0 saturated carbocycles. The van der Waals surface area contributed by atoms with E-state index in [1.807, 2.05) is 13.8 Å². The Bertz CT molecular complexity index is 267. The highest BCUT2D eigenvalue weighted by molar-refractivity contribution is 5.70. The largest absolute Gasteiger partial charge is 0.469 e. The van der Waals surface area contributed by atoms with E-state index >= 15 is 0 Å². The third-order valence-electron chi connectivity index (χ3n) is 2.58. The molecular weight excluding hydrogens is 276 g/mol. The number of carbonyl (C=O) groups excluding carboxylic acids is 2. The molecule has 6 heteroatoms. The van der Waals surface area contributed by atoms with Gasteiger partial charge in [0.25, 0.3) is 0 Å². The summed E-state index contributed by atoms with van der Waals surface area (Å²) in [7, 11) is 1.32. The van der Waals surface area contributed by atoms with E-state index in [4.69, 9.17) is 10.2 Å². The monoisotopic (exact) mass is 306 g/mol. The molecule has 0 aromatic heterocycles. The molecule has 0 aliphatic carbocycles. The SMILES string of the molecule is CCCC(O)CC(=O)OC.CCCC(O)CC(=O)OCC. The highest BCUT2D eigenvalue weighted by Crippen LogP contribution is 2.02. The van der Waals surface area contributed by atoms with Crippen molar-refractivity contribution in [1.82, 2.24) is 0 Å². The Hall–Kier alpha value is -1.14. The average Bonchev–Trinajstić information content (AvgIpc) is 2.39. The molecule has 0 aromatic carbocycles. The van der Waals surface area contributed by atoms with Crippen molar-refractivity contribution in [3.05, 3.63) is 0 Å². The Morgan fingerprint density at radius 2 is 1.33 bits per heavy atom. The predicted molar refractivity (Wildman–Crippen MR) is 79.7 cm³/mol. The van der Waals surface area contributed by atoms with Crippen LogP contribution >= 0.6 is 0 Å². The van der Waals surface area contributed by atoms with E-state index in [1.54, 1.807) is 6.92 Å². The molecule has 0 rings (SSSR count). The molecule has 2 atom stereocenters. The van der Waals surface area contributed by atoms with Gasteiger partial charge in [0.15, 0.2) is 0 Å². The lowest BCUT2D eigenvalue weighted by Gasteiger charge is -2.07. The Morgan fingerprint density at radius 1 is 0.905 bits per heavy atom. The second-order valence-corrected chi connectivity index (χ2v) is 4.67. The normalized spacial score (nSPS) is 12.7. The number of hydrogen-bond acceptors (Lipinski definition) is 6. The standard InChI is InChI=1S/C8H16O3.C7H14O3/c1-3-5-7(9)6-8(10)11-4-2;1-3-4-6(8)5-7(9)10-2/h7,9H,3-6H2,1-2H3;6,8H,3-5H2,1-2H3. The van der Waals surface area contributed by atoms with Gasteiger partial charge in [-0.25, -0.2) is 0 Å². The van der Waals surface area contributed by atoms with E-state index in [0.717, 1.165) is 12.8 Å². The van der Waals surface area contributed by atoms with Crippen molar-refractivity contribution in [3.63, 3.8) is 0 Å². The fourth-order valence-electron chi connectivity index (χ4n) is 1.56. The Labute approximate surface area is 127 Å². The zero-order chi connectivity index (χ0) is 16.7. The molecule has 0 spiro atoms. The minimum Gasteiger partial charge on any atom is -0.469 e. The van der Waals surface area contributed by atoms with Crippen LogP contribution in [-0.4, -0.2) is 48.1 Å². The maximum Gasteiger partial charge on any atom is 0.308 e. The molecule has 0 heterocycles. The number of rotatable bonds is 9. The molecule has 0 fully saturated rings. The molecule has 126 valence electrons. The van der Waals surface area contributed by atoms with Crippen molar-refractivity contribution in [1.29, 1.82) is 0 Å². The van der Waals surface area contributed by atoms with Crippen LogP contribution in [0.25, 0.3) is 0 Å². The van der Waals surface area contributed by atoms with Crippen LogP contribution in [-0.2, 0) is 19.1 Å². The van der Waals surface area contributed by atoms with Crippen LogP contribution < -0.4 is 0 Å². The predicted octanol–water partition coefficient (Wildman–Crippen LogP) is 1.81. The summed E-state index contributed by atoms with van der Waals surface area (Å²) in [6.07, 6.45) is 2.29. The smallest absolute Gasteiger partial charge is 0.308 e. The van der Waals surface area contributed by atoms with Gasteiger partial charge in [-0.15, -0.1) is 0 Å². The molecule has 0 aliphatic heterocycles. The van der Waals surface area contributed by atoms with E-state index in [-0.39, 0.29) is 24.8 Å². The van der Waals surface area contributed by atoms with Gasteiger partial charge in [-0.05, 0) is 19.8 Å². The number of aliphatic hydroxyl groups excluding tert-OH is 2. The molecule has 0 aliphatic rings. The second-order valence-electron chi connectivity index (χ2n) is 4.67. The summed E-state index contributed by atoms with van der Waals surface area (Å²) < 4.78 is 9.03. The average molecular weight is 306 g/mol. The molecule has 0 amide bonds. The molecule has 0 aromatic rings. The molecule has 6 nitrogen and oxygen atoms in total. The van der Waals surface area contributed by atoms with E-state index in [2.05, 4.69) is 9.47 Å². The number of aliphatic hydroxyl groups is 2. The lowest BCUT2D eigenvalue weighted by atomic mass is 10.1. The zero-order valence-electron chi connectivity index (χ0n) is 13.6. The first kappa shape index (κ1) is 22.1. The van der Waals surface area contributed by atoms with Gasteiger partial charge < -0.3 is 19.7 Å². The van der Waals surface area contributed by atoms with Crippen molar-refractivity contribution in [2.75, 3.05) is 13.7 Å². The van der Waals surface area contributed by atoms with Gasteiger partial charge in [0.05, 0.1) is 38.8 Å². The van der Waals surface area contributed by atoms with Gasteiger partial charge in [-0.1, -0.05) is 26.7 Å². The van der Waals surface area contributed by atoms with Gasteiger partial charge in [-0.3, -0.25) is 9.59 Å². The Balaban J connectivity index is 0. The van der Waals surface area contributed by atoms with Gasteiger partial charge in [-0.2, -0.15) is 0 Å². The van der Waals surface area contributed by atoms with E-state index in [9.17, 15) is 9.59 Å². The lowest BCUT2D eigenvalue weighted by Crippen LogP contribution is -2.15. The molecule has 21 heavy (non-hydrogen) atoms. The number of methoxy groups -OCH3 is 1. The minimum atomic E-state index is -0.530. The summed E-state index contributed by atoms with van der Waals surface area (Å²) in [6, 6.07) is 0. The van der Waals surface area contributed by atoms with Gasteiger partial charge >= 0.3 is 11.9 Å². The van der Waals surface area contributed by atoms with Crippen LogP contribution in [0.15, 0.2) is 0 Å². The minimum absolute atomic E-state index is 0.115. The maximum atomic E-state index is 10.7. The van der Waals surface area contributed by atoms with Crippen molar-refractivity contribution in [3.8, 4) is 0 Å². The number of ether oxygens (including phenoxy) is 2. The number of carbonyl (C=O) groups is 2. The fourth-order valence-corrected chi connectivity index (χ4v) is 1.56. The van der Waals surface area contributed by atoms with Crippen LogP contribution in [0.5, 0.6) is 0 Å². The molecule has 0 saturated heterocycles. The quantitative estimate of drug-likeness (QED) is 0.631. The molecule has 2 N–H and O–H groups in total. The van der Waals surface area contributed by atoms with Gasteiger partial charge in [0, 0.05) is 0 Å². The Kier molecular flexibility index (Phi) is 16.1. The molecule has 2 unspecified atom stereocenters. The van der Waals surface area contributed by atoms with Crippen LogP contribution in [0.3, 0.4) is 0 Å². The maximum absolute atomic E-state index is 10.7. The van der Waals surface area contributed by atoms with Crippen molar-refractivity contribution >= 4 is 11.9 Å². The van der Waals surface area contributed by atoms with Crippen LogP contribution in [0.4, 0.5) is 0 Å². The van der Waals surface area contributed by atoms with Crippen molar-refractivity contribution in [2.24, 2.45) is 0 Å². The van der Waals surface area contributed by atoms with Crippen LogP contribution in [0.2, 0.25) is 0 Å². The number of esters is 2. The first-order valence-electron chi connectivity index (χ1n) is 7.49. The fraction of sp³-hybridized carbons (Fsp3) is 0.867. The summed E-state index contributed by atoms with van der Waals surface area (Å²) in [4.78, 5) is 21.3. The van der Waals surface area contributed by atoms with Crippen molar-refractivity contribution < 1.29 is 29.3 Å². The Morgan fingerprint density at radius 3 is 1.67 bits per heavy atom. The van der Waals surface area contributed by atoms with E-state index in [1.165, 1.54) is 7.11 Å². The summed E-state index contributed by atoms with van der Waals surface area (Å²) in [5.74, 6) is -0.658. The molecule has 0 bridgehead atoms. The summed E-state index contributed by atoms with van der Waals surface area (Å²) in [5, 5.41) is 18.2. The van der Waals surface area contributed by atoms with Gasteiger partial charge in [0.2, 0.25) is 0 Å². The first-order valence-corrected chi connectivity index (χ1v) is 7.49. The highest BCUT2D eigenvalue weighted by Gasteiger charge is 2.09.